The molecule has 2 aromatic carbocycles. The highest BCUT2D eigenvalue weighted by molar-refractivity contribution is 5.81. The number of benzene rings is 2. The Morgan fingerprint density at radius 3 is 2.43 bits per heavy atom. The molecule has 1 aliphatic heterocycles. The molecule has 162 valence electrons. The van der Waals surface area contributed by atoms with Crippen LogP contribution >= 0.6 is 0 Å². The van der Waals surface area contributed by atoms with Crippen LogP contribution in [0.5, 0.6) is 11.5 Å². The monoisotopic (exact) mass is 411 g/mol. The molecule has 1 amide bonds. The smallest absolute Gasteiger partial charge is 0.237 e. The fourth-order valence-electron chi connectivity index (χ4n) is 3.78. The Morgan fingerprint density at radius 2 is 1.77 bits per heavy atom. The van der Waals surface area contributed by atoms with E-state index in [0.717, 1.165) is 49.8 Å². The van der Waals surface area contributed by atoms with E-state index in [0.29, 0.717) is 13.2 Å². The van der Waals surface area contributed by atoms with Crippen LogP contribution < -0.4 is 19.7 Å². The lowest BCUT2D eigenvalue weighted by atomic mass is 10.1. The molecule has 0 radical (unpaired) electrons. The van der Waals surface area contributed by atoms with Crippen LogP contribution in [0.4, 0.5) is 5.69 Å². The van der Waals surface area contributed by atoms with E-state index in [-0.39, 0.29) is 11.9 Å². The highest BCUT2D eigenvalue weighted by Crippen LogP contribution is 2.29. The standard InChI is InChI=1S/C24H33N3O3/c1-4-30-23-8-6-5-7-22(23)27-17-15-26(16-18-27)19(2)24(28)25-14-13-20-9-11-21(29-3)12-10-20/h5-12,19H,4,13-18H2,1-3H3,(H,25,28)/t19-/m1/s1. The summed E-state index contributed by atoms with van der Waals surface area (Å²) in [5.74, 6) is 1.86. The minimum absolute atomic E-state index is 0.0895. The summed E-state index contributed by atoms with van der Waals surface area (Å²) < 4.78 is 10.9. The summed E-state index contributed by atoms with van der Waals surface area (Å²) in [5, 5.41) is 3.08. The zero-order valence-electron chi connectivity index (χ0n) is 18.3. The number of carbonyl (C=O) groups excluding carboxylic acids is 1. The number of carbonyl (C=O) groups is 1. The van der Waals surface area contributed by atoms with Crippen LogP contribution in [0.15, 0.2) is 48.5 Å². The maximum absolute atomic E-state index is 12.6. The van der Waals surface area contributed by atoms with Gasteiger partial charge in [0.25, 0.3) is 0 Å². The number of anilines is 1. The molecule has 3 rings (SSSR count). The minimum atomic E-state index is -0.134. The van der Waals surface area contributed by atoms with Crippen molar-refractivity contribution in [2.45, 2.75) is 26.3 Å². The minimum Gasteiger partial charge on any atom is -0.497 e. The van der Waals surface area contributed by atoms with E-state index < -0.39 is 0 Å². The summed E-state index contributed by atoms with van der Waals surface area (Å²) in [5.41, 5.74) is 2.32. The molecule has 0 saturated carbocycles. The Bertz CT molecular complexity index is 802. The number of rotatable bonds is 9. The number of nitrogens with one attached hydrogen (secondary N) is 1. The van der Waals surface area contributed by atoms with Gasteiger partial charge in [-0.2, -0.15) is 0 Å². The van der Waals surface area contributed by atoms with Crippen molar-refractivity contribution in [2.75, 3.05) is 51.3 Å². The molecule has 6 nitrogen and oxygen atoms in total. The lowest BCUT2D eigenvalue weighted by Crippen LogP contribution is -2.54. The summed E-state index contributed by atoms with van der Waals surface area (Å²) >= 11 is 0. The summed E-state index contributed by atoms with van der Waals surface area (Å²) in [6.07, 6.45) is 0.810. The van der Waals surface area contributed by atoms with Crippen LogP contribution in [0.2, 0.25) is 0 Å². The van der Waals surface area contributed by atoms with Gasteiger partial charge in [0.2, 0.25) is 5.91 Å². The average molecular weight is 412 g/mol. The van der Waals surface area contributed by atoms with Crippen LogP contribution in [-0.2, 0) is 11.2 Å². The van der Waals surface area contributed by atoms with Crippen LogP contribution in [-0.4, -0.2) is 63.3 Å². The Labute approximate surface area is 179 Å². The summed E-state index contributed by atoms with van der Waals surface area (Å²) in [4.78, 5) is 17.2. The van der Waals surface area contributed by atoms with E-state index in [4.69, 9.17) is 9.47 Å². The largest absolute Gasteiger partial charge is 0.497 e. The molecule has 1 heterocycles. The van der Waals surface area contributed by atoms with Crippen molar-refractivity contribution < 1.29 is 14.3 Å². The zero-order valence-corrected chi connectivity index (χ0v) is 18.3. The molecular formula is C24H33N3O3. The van der Waals surface area contributed by atoms with Gasteiger partial charge >= 0.3 is 0 Å². The van der Waals surface area contributed by atoms with E-state index in [9.17, 15) is 4.79 Å². The van der Waals surface area contributed by atoms with Gasteiger partial charge in [-0.1, -0.05) is 24.3 Å². The quantitative estimate of drug-likeness (QED) is 0.688. The number of methoxy groups -OCH3 is 1. The van der Waals surface area contributed by atoms with E-state index in [1.54, 1.807) is 7.11 Å². The number of nitrogens with zero attached hydrogens (tertiary/aromatic N) is 2. The Morgan fingerprint density at radius 1 is 1.07 bits per heavy atom. The number of ether oxygens (including phenoxy) is 2. The lowest BCUT2D eigenvalue weighted by Gasteiger charge is -2.39. The molecule has 1 fully saturated rings. The number of hydrogen-bond donors (Lipinski definition) is 1. The predicted octanol–water partition coefficient (Wildman–Crippen LogP) is 2.96. The van der Waals surface area contributed by atoms with Crippen molar-refractivity contribution >= 4 is 11.6 Å². The Kier molecular flexibility index (Phi) is 7.97. The van der Waals surface area contributed by atoms with E-state index in [1.807, 2.05) is 56.3 Å². The third-order valence-corrected chi connectivity index (χ3v) is 5.62. The summed E-state index contributed by atoms with van der Waals surface area (Å²) in [6, 6.07) is 16.0. The Balaban J connectivity index is 1.45. The maximum atomic E-state index is 12.6. The third-order valence-electron chi connectivity index (χ3n) is 5.62. The van der Waals surface area contributed by atoms with Gasteiger partial charge in [0.05, 0.1) is 25.4 Å². The molecule has 0 aromatic heterocycles. The van der Waals surface area contributed by atoms with E-state index in [2.05, 4.69) is 21.2 Å². The number of piperazine rings is 1. The second kappa shape index (κ2) is 10.9. The third kappa shape index (κ3) is 5.66. The van der Waals surface area contributed by atoms with Crippen molar-refractivity contribution in [3.05, 3.63) is 54.1 Å². The highest BCUT2D eigenvalue weighted by Gasteiger charge is 2.26. The molecular weight excluding hydrogens is 378 g/mol. The normalized spacial score (nSPS) is 15.5. The van der Waals surface area contributed by atoms with Gasteiger partial charge in [-0.05, 0) is 50.1 Å². The van der Waals surface area contributed by atoms with Crippen molar-refractivity contribution in [3.63, 3.8) is 0 Å². The predicted molar refractivity (Wildman–Crippen MR) is 121 cm³/mol. The first-order chi connectivity index (χ1) is 14.6. The molecule has 1 N–H and O–H groups in total. The number of hydrogen-bond acceptors (Lipinski definition) is 5. The van der Waals surface area contributed by atoms with Gasteiger partial charge in [-0.3, -0.25) is 9.69 Å². The van der Waals surface area contributed by atoms with Crippen LogP contribution in [0, 0.1) is 0 Å². The SMILES string of the molecule is CCOc1ccccc1N1CCN([C@H](C)C(=O)NCCc2ccc(OC)cc2)CC1. The second-order valence-electron chi connectivity index (χ2n) is 7.49. The van der Waals surface area contributed by atoms with Crippen molar-refractivity contribution in [2.24, 2.45) is 0 Å². The van der Waals surface area contributed by atoms with Gasteiger partial charge in [-0.15, -0.1) is 0 Å². The van der Waals surface area contributed by atoms with Crippen molar-refractivity contribution in [3.8, 4) is 11.5 Å². The molecule has 1 saturated heterocycles. The lowest BCUT2D eigenvalue weighted by molar-refractivity contribution is -0.125. The summed E-state index contributed by atoms with van der Waals surface area (Å²) in [7, 11) is 1.66. The molecule has 0 bridgehead atoms. The van der Waals surface area contributed by atoms with Crippen LogP contribution in [0.3, 0.4) is 0 Å². The van der Waals surface area contributed by atoms with E-state index >= 15 is 0 Å². The van der Waals surface area contributed by atoms with Gasteiger partial charge in [0.15, 0.2) is 0 Å². The first-order valence-electron chi connectivity index (χ1n) is 10.7. The first kappa shape index (κ1) is 22.0. The molecule has 2 aromatic rings. The van der Waals surface area contributed by atoms with E-state index in [1.165, 1.54) is 5.56 Å². The highest BCUT2D eigenvalue weighted by atomic mass is 16.5. The molecule has 1 atom stereocenters. The van der Waals surface area contributed by atoms with Crippen LogP contribution in [0.25, 0.3) is 0 Å². The molecule has 6 heteroatoms. The van der Waals surface area contributed by atoms with Crippen molar-refractivity contribution in [1.29, 1.82) is 0 Å². The van der Waals surface area contributed by atoms with Gasteiger partial charge in [0, 0.05) is 32.7 Å². The van der Waals surface area contributed by atoms with Crippen molar-refractivity contribution in [1.82, 2.24) is 10.2 Å². The van der Waals surface area contributed by atoms with Crippen LogP contribution in [0.1, 0.15) is 19.4 Å². The topological polar surface area (TPSA) is 54.0 Å². The zero-order chi connectivity index (χ0) is 21.3. The fourth-order valence-corrected chi connectivity index (χ4v) is 3.78. The maximum Gasteiger partial charge on any atom is 0.237 e. The van der Waals surface area contributed by atoms with Gasteiger partial charge in [-0.25, -0.2) is 0 Å². The first-order valence-corrected chi connectivity index (χ1v) is 10.7. The second-order valence-corrected chi connectivity index (χ2v) is 7.49. The molecule has 1 aliphatic rings. The molecule has 0 unspecified atom stereocenters. The molecule has 30 heavy (non-hydrogen) atoms. The molecule has 0 aliphatic carbocycles. The van der Waals surface area contributed by atoms with Gasteiger partial charge < -0.3 is 19.7 Å². The number of para-hydroxylation sites is 2. The average Bonchev–Trinajstić information content (AvgIpc) is 2.80. The summed E-state index contributed by atoms with van der Waals surface area (Å²) in [6.45, 7) is 8.76. The number of amides is 1. The van der Waals surface area contributed by atoms with Gasteiger partial charge in [0.1, 0.15) is 11.5 Å². The fraction of sp³-hybridized carbons (Fsp3) is 0.458. The Hall–Kier alpha value is -2.73. The molecule has 0 spiro atoms.